The van der Waals surface area contributed by atoms with Crippen LogP contribution in [0.1, 0.15) is 57.6 Å². The van der Waals surface area contributed by atoms with E-state index in [1.807, 2.05) is 12.1 Å². The Bertz CT molecular complexity index is 659. The predicted octanol–water partition coefficient (Wildman–Crippen LogP) is 3.56. The van der Waals surface area contributed by atoms with Gasteiger partial charge in [-0.15, -0.1) is 12.4 Å². The van der Waals surface area contributed by atoms with E-state index in [4.69, 9.17) is 0 Å². The van der Waals surface area contributed by atoms with Crippen LogP contribution in [0.3, 0.4) is 0 Å². The standard InChI is InChI=1S/C21H30N2O2.ClH/c1-4-17(15-22(5-2)6-3)23-19(24)14-21(20(23)25)13-9-11-16-10-7-8-12-18(16)21;/h7-8,10,12,17H,4-6,9,11,13-15H2,1-3H3;1H/t17-,21+;/m1./s1. The topological polar surface area (TPSA) is 40.6 Å². The molecular weight excluding hydrogens is 348 g/mol. The number of benzene rings is 1. The summed E-state index contributed by atoms with van der Waals surface area (Å²) < 4.78 is 0. The number of imide groups is 1. The number of hydrogen-bond donors (Lipinski definition) is 0. The molecule has 2 amide bonds. The van der Waals surface area contributed by atoms with Crippen LogP contribution in [-0.2, 0) is 21.4 Å². The first-order valence-electron chi connectivity index (χ1n) is 9.74. The molecule has 1 aliphatic carbocycles. The lowest BCUT2D eigenvalue weighted by molar-refractivity contribution is -0.143. The molecule has 0 radical (unpaired) electrons. The quantitative estimate of drug-likeness (QED) is 0.710. The van der Waals surface area contributed by atoms with Crippen LogP contribution in [0.4, 0.5) is 0 Å². The number of amides is 2. The highest BCUT2D eigenvalue weighted by Gasteiger charge is 2.55. The van der Waals surface area contributed by atoms with Gasteiger partial charge in [0.25, 0.3) is 0 Å². The fraction of sp³-hybridized carbons (Fsp3) is 0.619. The zero-order valence-corrected chi connectivity index (χ0v) is 17.0. The van der Waals surface area contributed by atoms with Gasteiger partial charge in [0, 0.05) is 13.0 Å². The number of nitrogens with zero attached hydrogens (tertiary/aromatic N) is 2. The maximum atomic E-state index is 13.5. The van der Waals surface area contributed by atoms with Crippen LogP contribution in [-0.4, -0.2) is 47.3 Å². The van der Waals surface area contributed by atoms with Crippen molar-refractivity contribution in [3.05, 3.63) is 35.4 Å². The molecule has 1 spiro atoms. The molecule has 144 valence electrons. The largest absolute Gasteiger partial charge is 0.302 e. The molecule has 0 bridgehead atoms. The second kappa shape index (κ2) is 8.53. The molecule has 0 N–H and O–H groups in total. The Morgan fingerprint density at radius 3 is 2.50 bits per heavy atom. The van der Waals surface area contributed by atoms with Crippen molar-refractivity contribution in [1.82, 2.24) is 9.80 Å². The van der Waals surface area contributed by atoms with Gasteiger partial charge in [-0.2, -0.15) is 0 Å². The molecule has 5 heteroatoms. The Morgan fingerprint density at radius 2 is 1.85 bits per heavy atom. The van der Waals surface area contributed by atoms with E-state index in [1.54, 1.807) is 4.90 Å². The third kappa shape index (κ3) is 3.41. The normalized spacial score (nSPS) is 23.3. The summed E-state index contributed by atoms with van der Waals surface area (Å²) in [6, 6.07) is 8.19. The van der Waals surface area contributed by atoms with E-state index in [0.717, 1.165) is 50.9 Å². The van der Waals surface area contributed by atoms with Gasteiger partial charge in [-0.05, 0) is 49.9 Å². The number of likely N-dealkylation sites (tertiary alicyclic amines) is 1. The van der Waals surface area contributed by atoms with Crippen molar-refractivity contribution in [3.63, 3.8) is 0 Å². The number of hydrogen-bond acceptors (Lipinski definition) is 3. The number of carbonyl (C=O) groups is 2. The zero-order valence-electron chi connectivity index (χ0n) is 16.2. The first-order chi connectivity index (χ1) is 12.1. The van der Waals surface area contributed by atoms with Crippen LogP contribution in [0.2, 0.25) is 0 Å². The van der Waals surface area contributed by atoms with Crippen molar-refractivity contribution in [2.75, 3.05) is 19.6 Å². The highest BCUT2D eigenvalue weighted by atomic mass is 35.5. The number of rotatable bonds is 6. The lowest BCUT2D eigenvalue weighted by atomic mass is 9.69. The van der Waals surface area contributed by atoms with Crippen LogP contribution < -0.4 is 0 Å². The van der Waals surface area contributed by atoms with Gasteiger partial charge in [-0.1, -0.05) is 45.0 Å². The Balaban J connectivity index is 0.00000243. The van der Waals surface area contributed by atoms with Crippen molar-refractivity contribution in [1.29, 1.82) is 0 Å². The lowest BCUT2D eigenvalue weighted by Crippen LogP contribution is -2.49. The second-order valence-corrected chi connectivity index (χ2v) is 7.39. The number of halogens is 1. The minimum Gasteiger partial charge on any atom is -0.302 e. The molecule has 1 aliphatic heterocycles. The fourth-order valence-electron chi connectivity index (χ4n) is 4.63. The van der Waals surface area contributed by atoms with Crippen molar-refractivity contribution in [3.8, 4) is 0 Å². The third-order valence-electron chi connectivity index (χ3n) is 6.13. The summed E-state index contributed by atoms with van der Waals surface area (Å²) in [6.07, 6.45) is 3.95. The first kappa shape index (κ1) is 20.9. The maximum Gasteiger partial charge on any atom is 0.240 e. The minimum atomic E-state index is -0.609. The summed E-state index contributed by atoms with van der Waals surface area (Å²) in [4.78, 5) is 30.3. The SMILES string of the molecule is CC[C@H](CN(CC)CC)N1C(=O)C[C@]2(CCCc3ccccc32)C1=O.Cl. The van der Waals surface area contributed by atoms with Gasteiger partial charge in [0.15, 0.2) is 0 Å². The highest BCUT2D eigenvalue weighted by molar-refractivity contribution is 6.09. The molecule has 2 aliphatic rings. The van der Waals surface area contributed by atoms with Gasteiger partial charge in [0.1, 0.15) is 0 Å². The predicted molar refractivity (Wildman–Crippen MR) is 107 cm³/mol. The molecule has 1 fully saturated rings. The van der Waals surface area contributed by atoms with Crippen molar-refractivity contribution in [2.45, 2.75) is 64.3 Å². The maximum absolute atomic E-state index is 13.5. The molecule has 1 saturated heterocycles. The van der Waals surface area contributed by atoms with E-state index < -0.39 is 5.41 Å². The van der Waals surface area contributed by atoms with Crippen molar-refractivity contribution >= 4 is 24.2 Å². The van der Waals surface area contributed by atoms with E-state index in [1.165, 1.54) is 5.56 Å². The highest BCUT2D eigenvalue weighted by Crippen LogP contribution is 2.46. The van der Waals surface area contributed by atoms with Gasteiger partial charge in [0.2, 0.25) is 11.8 Å². The zero-order chi connectivity index (χ0) is 18.0. The van der Waals surface area contributed by atoms with Crippen LogP contribution in [0.15, 0.2) is 24.3 Å². The van der Waals surface area contributed by atoms with Crippen LogP contribution >= 0.6 is 12.4 Å². The minimum absolute atomic E-state index is 0. The van der Waals surface area contributed by atoms with Crippen molar-refractivity contribution < 1.29 is 9.59 Å². The monoisotopic (exact) mass is 378 g/mol. The molecule has 0 unspecified atom stereocenters. The van der Waals surface area contributed by atoms with E-state index in [0.29, 0.717) is 6.42 Å². The van der Waals surface area contributed by atoms with Crippen LogP contribution in [0.5, 0.6) is 0 Å². The fourth-order valence-corrected chi connectivity index (χ4v) is 4.63. The van der Waals surface area contributed by atoms with Gasteiger partial charge >= 0.3 is 0 Å². The van der Waals surface area contributed by atoms with Crippen LogP contribution in [0.25, 0.3) is 0 Å². The molecular formula is C21H31ClN2O2. The summed E-state index contributed by atoms with van der Waals surface area (Å²) in [7, 11) is 0. The van der Waals surface area contributed by atoms with Gasteiger partial charge in [-0.3, -0.25) is 14.5 Å². The van der Waals surface area contributed by atoms with Crippen molar-refractivity contribution in [2.24, 2.45) is 0 Å². The number of likely N-dealkylation sites (N-methyl/N-ethyl adjacent to an activating group) is 1. The average Bonchev–Trinajstić information content (AvgIpc) is 2.88. The molecule has 3 rings (SSSR count). The smallest absolute Gasteiger partial charge is 0.240 e. The molecule has 26 heavy (non-hydrogen) atoms. The number of aryl methyl sites for hydroxylation is 1. The van der Waals surface area contributed by atoms with Gasteiger partial charge < -0.3 is 4.90 Å². The summed E-state index contributed by atoms with van der Waals surface area (Å²) in [6.45, 7) is 8.99. The summed E-state index contributed by atoms with van der Waals surface area (Å²) in [5, 5.41) is 0. The number of carbonyl (C=O) groups excluding carboxylic acids is 2. The third-order valence-corrected chi connectivity index (χ3v) is 6.13. The van der Waals surface area contributed by atoms with Gasteiger partial charge in [-0.25, -0.2) is 0 Å². The molecule has 4 nitrogen and oxygen atoms in total. The van der Waals surface area contributed by atoms with Gasteiger partial charge in [0.05, 0.1) is 11.5 Å². The van der Waals surface area contributed by atoms with E-state index in [-0.39, 0.29) is 30.3 Å². The Kier molecular flexibility index (Phi) is 6.86. The lowest BCUT2D eigenvalue weighted by Gasteiger charge is -2.35. The molecule has 2 atom stereocenters. The summed E-state index contributed by atoms with van der Waals surface area (Å²) in [5.74, 6) is 0.0596. The second-order valence-electron chi connectivity index (χ2n) is 7.39. The molecule has 0 saturated carbocycles. The van der Waals surface area contributed by atoms with E-state index >= 15 is 0 Å². The molecule has 1 aromatic carbocycles. The van der Waals surface area contributed by atoms with E-state index in [2.05, 4.69) is 37.8 Å². The Labute approximate surface area is 163 Å². The first-order valence-corrected chi connectivity index (χ1v) is 9.74. The molecule has 1 aromatic rings. The summed E-state index contributed by atoms with van der Waals surface area (Å²) in [5.41, 5.74) is 1.73. The number of fused-ring (bicyclic) bond motifs is 2. The average molecular weight is 379 g/mol. The molecule has 0 aromatic heterocycles. The Morgan fingerprint density at radius 1 is 1.15 bits per heavy atom. The van der Waals surface area contributed by atoms with E-state index in [9.17, 15) is 9.59 Å². The van der Waals surface area contributed by atoms with Crippen LogP contribution in [0, 0.1) is 0 Å². The Hall–Kier alpha value is -1.39. The molecule has 1 heterocycles. The summed E-state index contributed by atoms with van der Waals surface area (Å²) >= 11 is 0.